The molecule has 0 atom stereocenters. The molecule has 2 aromatic carbocycles. The van der Waals surface area contributed by atoms with Crippen LogP contribution in [0.4, 0.5) is 0 Å². The Morgan fingerprint density at radius 1 is 1.07 bits per heavy atom. The van der Waals surface area contributed by atoms with E-state index in [-0.39, 0.29) is 12.2 Å². The average Bonchev–Trinajstić information content (AvgIpc) is 3.23. The molecule has 7 nitrogen and oxygen atoms in total. The quantitative estimate of drug-likeness (QED) is 0.312. The smallest absolute Gasteiger partial charge is 0.337 e. The second-order valence-corrected chi connectivity index (χ2v) is 7.71. The van der Waals surface area contributed by atoms with Crippen molar-refractivity contribution in [1.29, 1.82) is 0 Å². The highest BCUT2D eigenvalue weighted by Gasteiger charge is 2.21. The lowest BCUT2D eigenvalue weighted by Gasteiger charge is -2.23. The van der Waals surface area contributed by atoms with Crippen LogP contribution in [-0.2, 0) is 14.9 Å². The Bertz CT molecular complexity index is 1000. The first kappa shape index (κ1) is 21.5. The maximum atomic E-state index is 11.6. The van der Waals surface area contributed by atoms with E-state index in [1.807, 2.05) is 25.1 Å². The molecule has 0 aliphatic heterocycles. The van der Waals surface area contributed by atoms with Gasteiger partial charge in [-0.15, -0.1) is 0 Å². The first-order chi connectivity index (χ1) is 14.3. The lowest BCUT2D eigenvalue weighted by molar-refractivity contribution is 0.0214. The van der Waals surface area contributed by atoms with E-state index in [0.29, 0.717) is 29.4 Å². The van der Waals surface area contributed by atoms with Crippen molar-refractivity contribution in [2.75, 3.05) is 20.5 Å². The molecule has 7 heteroatoms. The number of aromatic nitrogens is 2. The number of rotatable bonds is 7. The minimum absolute atomic E-state index is 0.145. The number of hydrogen-bond donors (Lipinski definition) is 0. The van der Waals surface area contributed by atoms with Crippen LogP contribution in [0, 0.1) is 0 Å². The molecule has 0 N–H and O–H groups in total. The fraction of sp³-hybridized carbons (Fsp3) is 0.348. The van der Waals surface area contributed by atoms with Gasteiger partial charge in [0.15, 0.2) is 6.79 Å². The summed E-state index contributed by atoms with van der Waals surface area (Å²) < 4.78 is 21.2. The number of carbonyl (C=O) groups is 1. The van der Waals surface area contributed by atoms with Crippen LogP contribution >= 0.6 is 0 Å². The summed E-state index contributed by atoms with van der Waals surface area (Å²) in [5.41, 5.74) is 2.87. The fourth-order valence-corrected chi connectivity index (χ4v) is 2.89. The van der Waals surface area contributed by atoms with Gasteiger partial charge in [-0.05, 0) is 54.8 Å². The number of nitrogens with zero attached hydrogens (tertiary/aromatic N) is 2. The zero-order chi connectivity index (χ0) is 21.7. The molecule has 1 aromatic heterocycles. The highest BCUT2D eigenvalue weighted by Crippen LogP contribution is 2.35. The zero-order valence-electron chi connectivity index (χ0n) is 17.9. The van der Waals surface area contributed by atoms with Crippen LogP contribution in [0.15, 0.2) is 47.0 Å². The molecule has 0 bridgehead atoms. The number of methoxy groups -OCH3 is 1. The lowest BCUT2D eigenvalue weighted by atomic mass is 9.85. The van der Waals surface area contributed by atoms with Gasteiger partial charge < -0.3 is 18.7 Å². The molecule has 3 rings (SSSR count). The van der Waals surface area contributed by atoms with Gasteiger partial charge in [-0.2, -0.15) is 4.98 Å². The Kier molecular flexibility index (Phi) is 6.52. The Labute approximate surface area is 176 Å². The summed E-state index contributed by atoms with van der Waals surface area (Å²) >= 11 is 0. The van der Waals surface area contributed by atoms with Crippen LogP contribution in [0.1, 0.15) is 43.6 Å². The molecule has 0 aliphatic carbocycles. The Morgan fingerprint density at radius 3 is 2.40 bits per heavy atom. The van der Waals surface area contributed by atoms with Crippen molar-refractivity contribution in [2.45, 2.75) is 33.1 Å². The van der Waals surface area contributed by atoms with Crippen molar-refractivity contribution < 1.29 is 23.5 Å². The Balaban J connectivity index is 1.88. The van der Waals surface area contributed by atoms with Crippen molar-refractivity contribution in [1.82, 2.24) is 10.1 Å². The van der Waals surface area contributed by atoms with Gasteiger partial charge in [-0.1, -0.05) is 25.9 Å². The third-order valence-corrected chi connectivity index (χ3v) is 4.53. The van der Waals surface area contributed by atoms with E-state index in [0.717, 1.165) is 16.9 Å². The highest BCUT2D eigenvalue weighted by atomic mass is 16.7. The summed E-state index contributed by atoms with van der Waals surface area (Å²) in [5, 5.41) is 4.12. The minimum atomic E-state index is -0.394. The molecule has 0 unspecified atom stereocenters. The third kappa shape index (κ3) is 4.86. The largest absolute Gasteiger partial charge is 0.467 e. The van der Waals surface area contributed by atoms with Gasteiger partial charge in [0.05, 0.1) is 12.7 Å². The van der Waals surface area contributed by atoms with E-state index < -0.39 is 5.97 Å². The maximum Gasteiger partial charge on any atom is 0.337 e. The van der Waals surface area contributed by atoms with Gasteiger partial charge >= 0.3 is 5.97 Å². The molecule has 0 saturated carbocycles. The summed E-state index contributed by atoms with van der Waals surface area (Å²) in [6.07, 6.45) is 0. The molecule has 0 saturated heterocycles. The van der Waals surface area contributed by atoms with Gasteiger partial charge in [0.2, 0.25) is 5.82 Å². The van der Waals surface area contributed by atoms with Crippen molar-refractivity contribution >= 4 is 5.97 Å². The van der Waals surface area contributed by atoms with Gasteiger partial charge in [-0.3, -0.25) is 0 Å². The Hall–Kier alpha value is -3.19. The summed E-state index contributed by atoms with van der Waals surface area (Å²) in [5.74, 6) is 1.22. The zero-order valence-corrected chi connectivity index (χ0v) is 17.9. The van der Waals surface area contributed by atoms with Crippen LogP contribution < -0.4 is 4.74 Å². The van der Waals surface area contributed by atoms with Crippen LogP contribution in [0.2, 0.25) is 0 Å². The van der Waals surface area contributed by atoms with Crippen LogP contribution in [0.25, 0.3) is 22.8 Å². The van der Waals surface area contributed by atoms with E-state index >= 15 is 0 Å². The van der Waals surface area contributed by atoms with Gasteiger partial charge in [-0.25, -0.2) is 4.79 Å². The predicted octanol–water partition coefficient (Wildman–Crippen LogP) is 4.86. The second-order valence-electron chi connectivity index (χ2n) is 7.71. The molecule has 0 amide bonds. The van der Waals surface area contributed by atoms with Crippen molar-refractivity contribution in [2.24, 2.45) is 0 Å². The molecular weight excluding hydrogens is 384 g/mol. The minimum Gasteiger partial charge on any atom is -0.467 e. The summed E-state index contributed by atoms with van der Waals surface area (Å²) in [6, 6.07) is 12.6. The molecule has 0 aliphatic rings. The van der Waals surface area contributed by atoms with Crippen LogP contribution in [0.3, 0.4) is 0 Å². The summed E-state index contributed by atoms with van der Waals surface area (Å²) in [7, 11) is 1.35. The topological polar surface area (TPSA) is 83.7 Å². The molecule has 3 aromatic rings. The molecule has 0 spiro atoms. The molecule has 0 fully saturated rings. The van der Waals surface area contributed by atoms with Gasteiger partial charge in [0, 0.05) is 23.3 Å². The number of carbonyl (C=O) groups excluding carboxylic acids is 1. The number of hydrogen-bond acceptors (Lipinski definition) is 7. The molecular formula is C23H26N2O5. The normalized spacial score (nSPS) is 11.4. The molecule has 158 valence electrons. The predicted molar refractivity (Wildman–Crippen MR) is 112 cm³/mol. The number of esters is 1. The highest BCUT2D eigenvalue weighted by molar-refractivity contribution is 5.89. The molecule has 30 heavy (non-hydrogen) atoms. The Morgan fingerprint density at radius 2 is 1.77 bits per heavy atom. The lowest BCUT2D eigenvalue weighted by Crippen LogP contribution is -2.14. The molecule has 1 heterocycles. The van der Waals surface area contributed by atoms with E-state index in [1.165, 1.54) is 7.11 Å². The second kappa shape index (κ2) is 9.09. The number of ether oxygens (including phenoxy) is 3. The van der Waals surface area contributed by atoms with E-state index in [1.54, 1.807) is 24.3 Å². The van der Waals surface area contributed by atoms with Crippen LogP contribution in [0.5, 0.6) is 5.75 Å². The summed E-state index contributed by atoms with van der Waals surface area (Å²) in [4.78, 5) is 16.1. The van der Waals surface area contributed by atoms with E-state index in [2.05, 4.69) is 30.9 Å². The maximum absolute atomic E-state index is 11.6. The first-order valence-electron chi connectivity index (χ1n) is 9.71. The number of benzene rings is 2. The van der Waals surface area contributed by atoms with Gasteiger partial charge in [0.1, 0.15) is 5.75 Å². The van der Waals surface area contributed by atoms with Gasteiger partial charge in [0.25, 0.3) is 5.89 Å². The van der Waals surface area contributed by atoms with Crippen LogP contribution in [-0.4, -0.2) is 36.6 Å². The van der Waals surface area contributed by atoms with Crippen molar-refractivity contribution in [3.8, 4) is 28.6 Å². The standard InChI is InChI=1S/C23H26N2O5/c1-6-28-14-29-19-12-11-17(13-18(19)23(2,3)4)20-24-21(30-25-20)15-7-9-16(10-8-15)22(26)27-5/h7-13H,6,14H2,1-5H3. The third-order valence-electron chi connectivity index (χ3n) is 4.53. The summed E-state index contributed by atoms with van der Waals surface area (Å²) in [6.45, 7) is 9.06. The van der Waals surface area contributed by atoms with Crippen molar-refractivity contribution in [3.63, 3.8) is 0 Å². The average molecular weight is 410 g/mol. The fourth-order valence-electron chi connectivity index (χ4n) is 2.89. The first-order valence-corrected chi connectivity index (χ1v) is 9.71. The monoisotopic (exact) mass is 410 g/mol. The van der Waals surface area contributed by atoms with Crippen molar-refractivity contribution in [3.05, 3.63) is 53.6 Å². The van der Waals surface area contributed by atoms with E-state index in [4.69, 9.17) is 18.7 Å². The molecule has 0 radical (unpaired) electrons. The van der Waals surface area contributed by atoms with E-state index in [9.17, 15) is 4.79 Å². The SMILES string of the molecule is CCOCOc1ccc(-c2noc(-c3ccc(C(=O)OC)cc3)n2)cc1C(C)(C)C.